The Kier molecular flexibility index (Phi) is 4.31. The first-order valence-electron chi connectivity index (χ1n) is 6.47. The minimum Gasteiger partial charge on any atom is -0.469 e. The number of pyridine rings is 1. The van der Waals surface area contributed by atoms with Gasteiger partial charge in [0.15, 0.2) is 0 Å². The normalized spacial score (nSPS) is 24.8. The van der Waals surface area contributed by atoms with Crippen molar-refractivity contribution in [1.82, 2.24) is 10.3 Å². The van der Waals surface area contributed by atoms with Crippen LogP contribution in [0.5, 0.6) is 0 Å². The Morgan fingerprint density at radius 1 is 1.50 bits per heavy atom. The Balaban J connectivity index is 1.98. The highest BCUT2D eigenvalue weighted by Crippen LogP contribution is 2.28. The number of rotatable bonds is 4. The van der Waals surface area contributed by atoms with E-state index in [1.165, 1.54) is 7.11 Å². The molecular weight excluding hydrogens is 228 g/mol. The molecule has 1 aromatic rings. The van der Waals surface area contributed by atoms with Gasteiger partial charge in [0.05, 0.1) is 18.7 Å². The Labute approximate surface area is 108 Å². The summed E-state index contributed by atoms with van der Waals surface area (Å²) < 4.78 is 4.86. The molecule has 1 aliphatic carbocycles. The molecule has 1 aliphatic rings. The van der Waals surface area contributed by atoms with E-state index in [9.17, 15) is 4.79 Å². The average molecular weight is 248 g/mol. The van der Waals surface area contributed by atoms with Crippen LogP contribution < -0.4 is 5.32 Å². The zero-order valence-corrected chi connectivity index (χ0v) is 10.9. The summed E-state index contributed by atoms with van der Waals surface area (Å²) in [6.07, 6.45) is 4.81. The Morgan fingerprint density at radius 2 is 2.33 bits per heavy atom. The topological polar surface area (TPSA) is 51.2 Å². The standard InChI is InChI=1S/C14H20N2O2/c1-10(12-7-3-4-9-15-12)16-13-8-5-6-11(13)14(17)18-2/h3-4,7,9-11,13,16H,5-6,8H2,1-2H3/t10-,11-,13-/m1/s1. The molecule has 0 radical (unpaired) electrons. The summed E-state index contributed by atoms with van der Waals surface area (Å²) in [4.78, 5) is 16.0. The molecule has 1 heterocycles. The van der Waals surface area contributed by atoms with Crippen LogP contribution in [0, 0.1) is 5.92 Å². The minimum absolute atomic E-state index is 0.0128. The molecule has 4 heteroatoms. The summed E-state index contributed by atoms with van der Waals surface area (Å²) >= 11 is 0. The molecule has 1 saturated carbocycles. The van der Waals surface area contributed by atoms with E-state index < -0.39 is 0 Å². The molecule has 3 atom stereocenters. The first kappa shape index (κ1) is 13.0. The van der Waals surface area contributed by atoms with Crippen molar-refractivity contribution in [3.05, 3.63) is 30.1 Å². The molecular formula is C14H20N2O2. The predicted molar refractivity (Wildman–Crippen MR) is 68.9 cm³/mol. The molecule has 0 aromatic carbocycles. The summed E-state index contributed by atoms with van der Waals surface area (Å²) in [6, 6.07) is 6.24. The van der Waals surface area contributed by atoms with Gasteiger partial charge in [0, 0.05) is 18.3 Å². The summed E-state index contributed by atoms with van der Waals surface area (Å²) in [5, 5.41) is 3.50. The lowest BCUT2D eigenvalue weighted by atomic mass is 10.0. The van der Waals surface area contributed by atoms with Crippen LogP contribution in [0.15, 0.2) is 24.4 Å². The van der Waals surface area contributed by atoms with E-state index in [1.54, 1.807) is 6.20 Å². The monoisotopic (exact) mass is 248 g/mol. The highest BCUT2D eigenvalue weighted by Gasteiger charge is 2.34. The minimum atomic E-state index is -0.0989. The molecule has 0 aliphatic heterocycles. The first-order valence-corrected chi connectivity index (χ1v) is 6.47. The van der Waals surface area contributed by atoms with Crippen LogP contribution in [0.25, 0.3) is 0 Å². The maximum atomic E-state index is 11.7. The quantitative estimate of drug-likeness (QED) is 0.829. The van der Waals surface area contributed by atoms with Gasteiger partial charge in [-0.25, -0.2) is 0 Å². The van der Waals surface area contributed by atoms with Crippen LogP contribution in [0.2, 0.25) is 0 Å². The van der Waals surface area contributed by atoms with Crippen LogP contribution in [-0.2, 0) is 9.53 Å². The fourth-order valence-corrected chi connectivity index (χ4v) is 2.63. The molecule has 1 fully saturated rings. The Bertz CT molecular complexity index is 394. The van der Waals surface area contributed by atoms with Crippen LogP contribution in [0.3, 0.4) is 0 Å². The van der Waals surface area contributed by atoms with Gasteiger partial charge in [0.25, 0.3) is 0 Å². The van der Waals surface area contributed by atoms with Crippen LogP contribution in [0.4, 0.5) is 0 Å². The highest BCUT2D eigenvalue weighted by atomic mass is 16.5. The van der Waals surface area contributed by atoms with Crippen molar-refractivity contribution in [3.63, 3.8) is 0 Å². The van der Waals surface area contributed by atoms with Crippen LogP contribution in [0.1, 0.15) is 37.9 Å². The fourth-order valence-electron chi connectivity index (χ4n) is 2.63. The fraction of sp³-hybridized carbons (Fsp3) is 0.571. The number of nitrogens with zero attached hydrogens (tertiary/aromatic N) is 1. The number of carbonyl (C=O) groups is 1. The van der Waals surface area contributed by atoms with E-state index in [-0.39, 0.29) is 24.0 Å². The van der Waals surface area contributed by atoms with Crippen molar-refractivity contribution in [2.24, 2.45) is 5.92 Å². The number of hydrogen-bond acceptors (Lipinski definition) is 4. The third-order valence-electron chi connectivity index (χ3n) is 3.62. The number of carbonyl (C=O) groups excluding carboxylic acids is 1. The lowest BCUT2D eigenvalue weighted by molar-refractivity contribution is -0.145. The maximum absolute atomic E-state index is 11.7. The van der Waals surface area contributed by atoms with Crippen molar-refractivity contribution < 1.29 is 9.53 Å². The molecule has 18 heavy (non-hydrogen) atoms. The third-order valence-corrected chi connectivity index (χ3v) is 3.62. The maximum Gasteiger partial charge on any atom is 0.310 e. The summed E-state index contributed by atoms with van der Waals surface area (Å²) in [5.74, 6) is -0.112. The zero-order chi connectivity index (χ0) is 13.0. The van der Waals surface area contributed by atoms with Gasteiger partial charge in [-0.2, -0.15) is 0 Å². The molecule has 0 amide bonds. The van der Waals surface area contributed by atoms with Gasteiger partial charge in [-0.15, -0.1) is 0 Å². The largest absolute Gasteiger partial charge is 0.469 e. The van der Waals surface area contributed by atoms with Gasteiger partial charge in [0.2, 0.25) is 0 Å². The van der Waals surface area contributed by atoms with Crippen molar-refractivity contribution in [1.29, 1.82) is 0 Å². The second-order valence-corrected chi connectivity index (χ2v) is 4.81. The van der Waals surface area contributed by atoms with E-state index in [0.29, 0.717) is 0 Å². The number of aromatic nitrogens is 1. The number of nitrogens with one attached hydrogen (secondary N) is 1. The van der Waals surface area contributed by atoms with E-state index >= 15 is 0 Å². The smallest absolute Gasteiger partial charge is 0.310 e. The second kappa shape index (κ2) is 5.96. The number of methoxy groups -OCH3 is 1. The van der Waals surface area contributed by atoms with Gasteiger partial charge < -0.3 is 10.1 Å². The van der Waals surface area contributed by atoms with Gasteiger partial charge >= 0.3 is 5.97 Å². The third kappa shape index (κ3) is 2.88. The molecule has 1 N–H and O–H groups in total. The molecule has 0 spiro atoms. The Hall–Kier alpha value is -1.42. The molecule has 98 valence electrons. The van der Waals surface area contributed by atoms with Gasteiger partial charge in [-0.1, -0.05) is 12.5 Å². The van der Waals surface area contributed by atoms with Crippen molar-refractivity contribution in [2.75, 3.05) is 7.11 Å². The molecule has 1 aromatic heterocycles. The Morgan fingerprint density at radius 3 is 3.00 bits per heavy atom. The first-order chi connectivity index (χ1) is 8.72. The van der Waals surface area contributed by atoms with Gasteiger partial charge in [-0.05, 0) is 31.9 Å². The van der Waals surface area contributed by atoms with Gasteiger partial charge in [0.1, 0.15) is 0 Å². The van der Waals surface area contributed by atoms with Crippen LogP contribution in [-0.4, -0.2) is 24.1 Å². The predicted octanol–water partition coefficient (Wildman–Crippen LogP) is 2.07. The summed E-state index contributed by atoms with van der Waals surface area (Å²) in [5.41, 5.74) is 1.01. The van der Waals surface area contributed by atoms with Crippen molar-refractivity contribution >= 4 is 5.97 Å². The SMILES string of the molecule is COC(=O)[C@@H]1CCC[C@H]1N[C@H](C)c1ccccn1. The van der Waals surface area contributed by atoms with E-state index in [1.807, 2.05) is 18.2 Å². The van der Waals surface area contributed by atoms with Crippen molar-refractivity contribution in [3.8, 4) is 0 Å². The van der Waals surface area contributed by atoms with E-state index in [4.69, 9.17) is 4.74 Å². The molecule has 0 saturated heterocycles. The number of hydrogen-bond donors (Lipinski definition) is 1. The van der Waals surface area contributed by atoms with Crippen molar-refractivity contribution in [2.45, 2.75) is 38.3 Å². The summed E-state index contributed by atoms with van der Waals surface area (Å²) in [6.45, 7) is 2.08. The highest BCUT2D eigenvalue weighted by molar-refractivity contribution is 5.73. The molecule has 4 nitrogen and oxygen atoms in total. The zero-order valence-electron chi connectivity index (χ0n) is 10.9. The molecule has 0 unspecified atom stereocenters. The molecule has 0 bridgehead atoms. The van der Waals surface area contributed by atoms with Crippen LogP contribution >= 0.6 is 0 Å². The average Bonchev–Trinajstić information content (AvgIpc) is 2.87. The van der Waals surface area contributed by atoms with E-state index in [2.05, 4.69) is 17.2 Å². The number of ether oxygens (including phenoxy) is 1. The lowest BCUT2D eigenvalue weighted by Gasteiger charge is -2.23. The summed E-state index contributed by atoms with van der Waals surface area (Å²) in [7, 11) is 1.46. The van der Waals surface area contributed by atoms with Gasteiger partial charge in [-0.3, -0.25) is 9.78 Å². The lowest BCUT2D eigenvalue weighted by Crippen LogP contribution is -2.38. The van der Waals surface area contributed by atoms with E-state index in [0.717, 1.165) is 25.0 Å². The second-order valence-electron chi connectivity index (χ2n) is 4.81. The number of esters is 1. The molecule has 2 rings (SSSR count).